The molecule has 92 valence electrons. The van der Waals surface area contributed by atoms with Gasteiger partial charge < -0.3 is 20.3 Å². The van der Waals surface area contributed by atoms with Gasteiger partial charge in [-0.05, 0) is 25.8 Å². The molecule has 2 aliphatic heterocycles. The van der Waals surface area contributed by atoms with Gasteiger partial charge in [-0.2, -0.15) is 0 Å². The van der Waals surface area contributed by atoms with E-state index in [-0.39, 0.29) is 6.03 Å². The van der Waals surface area contributed by atoms with Crippen LogP contribution in [0.25, 0.3) is 0 Å². The number of amides is 2. The third kappa shape index (κ3) is 3.35. The molecule has 16 heavy (non-hydrogen) atoms. The predicted octanol–water partition coefficient (Wildman–Crippen LogP) is 0.170. The monoisotopic (exact) mass is 227 g/mol. The fourth-order valence-electron chi connectivity index (χ4n) is 2.23. The number of rotatable bonds is 3. The lowest BCUT2D eigenvalue weighted by Gasteiger charge is -2.27. The largest absolute Gasteiger partial charge is 0.378 e. The maximum Gasteiger partial charge on any atom is 0.317 e. The number of hydrogen-bond donors (Lipinski definition) is 2. The highest BCUT2D eigenvalue weighted by molar-refractivity contribution is 5.74. The van der Waals surface area contributed by atoms with Gasteiger partial charge in [0, 0.05) is 25.7 Å². The van der Waals surface area contributed by atoms with Crippen molar-refractivity contribution >= 4 is 6.03 Å². The first-order valence-electron chi connectivity index (χ1n) is 6.20. The van der Waals surface area contributed by atoms with Crippen LogP contribution >= 0.6 is 0 Å². The molecule has 5 nitrogen and oxygen atoms in total. The summed E-state index contributed by atoms with van der Waals surface area (Å²) in [5, 5.41) is 6.40. The Balaban J connectivity index is 1.59. The predicted molar refractivity (Wildman–Crippen MR) is 61.4 cm³/mol. The second kappa shape index (κ2) is 6.06. The number of ether oxygens (including phenoxy) is 1. The molecular weight excluding hydrogens is 206 g/mol. The molecule has 2 rings (SSSR count). The van der Waals surface area contributed by atoms with Crippen LogP contribution in [0.4, 0.5) is 4.79 Å². The number of carbonyl (C=O) groups is 1. The summed E-state index contributed by atoms with van der Waals surface area (Å²) in [4.78, 5) is 13.5. The lowest BCUT2D eigenvalue weighted by molar-refractivity contribution is 0.0532. The number of carbonyl (C=O) groups excluding carboxylic acids is 1. The third-order valence-corrected chi connectivity index (χ3v) is 3.23. The van der Waals surface area contributed by atoms with Crippen molar-refractivity contribution in [2.75, 3.05) is 39.4 Å². The van der Waals surface area contributed by atoms with Crippen molar-refractivity contribution in [3.63, 3.8) is 0 Å². The Kier molecular flexibility index (Phi) is 4.42. The lowest BCUT2D eigenvalue weighted by Crippen LogP contribution is -2.46. The van der Waals surface area contributed by atoms with Crippen molar-refractivity contribution in [3.05, 3.63) is 0 Å². The van der Waals surface area contributed by atoms with Gasteiger partial charge in [-0.25, -0.2) is 4.79 Å². The quantitative estimate of drug-likeness (QED) is 0.722. The smallest absolute Gasteiger partial charge is 0.317 e. The topological polar surface area (TPSA) is 53.6 Å². The van der Waals surface area contributed by atoms with Crippen LogP contribution in [-0.4, -0.2) is 56.4 Å². The van der Waals surface area contributed by atoms with Crippen molar-refractivity contribution in [1.82, 2.24) is 15.5 Å². The van der Waals surface area contributed by atoms with Gasteiger partial charge in [0.2, 0.25) is 0 Å². The van der Waals surface area contributed by atoms with E-state index in [9.17, 15) is 4.79 Å². The van der Waals surface area contributed by atoms with Crippen LogP contribution in [0.15, 0.2) is 0 Å². The van der Waals surface area contributed by atoms with E-state index in [1.165, 1.54) is 12.8 Å². The molecule has 0 bridgehead atoms. The molecule has 0 aromatic heterocycles. The van der Waals surface area contributed by atoms with Crippen LogP contribution in [0, 0.1) is 0 Å². The Bertz CT molecular complexity index is 223. The summed E-state index contributed by atoms with van der Waals surface area (Å²) in [6.07, 6.45) is 3.55. The molecule has 5 heteroatoms. The van der Waals surface area contributed by atoms with E-state index < -0.39 is 0 Å². The molecule has 0 saturated carbocycles. The van der Waals surface area contributed by atoms with E-state index in [1.54, 1.807) is 0 Å². The van der Waals surface area contributed by atoms with Crippen molar-refractivity contribution in [2.24, 2.45) is 0 Å². The highest BCUT2D eigenvalue weighted by Crippen LogP contribution is 2.07. The molecular formula is C11H21N3O2. The second-order valence-corrected chi connectivity index (χ2v) is 4.41. The maximum atomic E-state index is 11.7. The second-order valence-electron chi connectivity index (χ2n) is 4.41. The molecule has 2 heterocycles. The molecule has 2 aliphatic rings. The van der Waals surface area contributed by atoms with Crippen LogP contribution in [0.2, 0.25) is 0 Å². The Hall–Kier alpha value is -0.810. The first-order valence-corrected chi connectivity index (χ1v) is 6.20. The number of morpholine rings is 1. The molecule has 0 aromatic carbocycles. The summed E-state index contributed by atoms with van der Waals surface area (Å²) in [7, 11) is 0. The third-order valence-electron chi connectivity index (χ3n) is 3.23. The summed E-state index contributed by atoms with van der Waals surface area (Å²) in [6, 6.07) is 0.659. The van der Waals surface area contributed by atoms with Crippen LogP contribution in [0.3, 0.4) is 0 Å². The van der Waals surface area contributed by atoms with Crippen LogP contribution in [0.5, 0.6) is 0 Å². The molecule has 0 radical (unpaired) electrons. The average molecular weight is 227 g/mol. The van der Waals surface area contributed by atoms with E-state index in [1.807, 2.05) is 4.90 Å². The minimum absolute atomic E-state index is 0.0568. The zero-order valence-corrected chi connectivity index (χ0v) is 9.71. The Morgan fingerprint density at radius 1 is 1.44 bits per heavy atom. The van der Waals surface area contributed by atoms with Gasteiger partial charge in [0.25, 0.3) is 0 Å². The van der Waals surface area contributed by atoms with E-state index in [4.69, 9.17) is 4.74 Å². The Labute approximate surface area is 96.5 Å². The van der Waals surface area contributed by atoms with Gasteiger partial charge >= 0.3 is 6.03 Å². The summed E-state index contributed by atoms with van der Waals surface area (Å²) >= 11 is 0. The normalized spacial score (nSPS) is 25.8. The minimum atomic E-state index is 0.0568. The van der Waals surface area contributed by atoms with Crippen LogP contribution in [-0.2, 0) is 4.74 Å². The summed E-state index contributed by atoms with van der Waals surface area (Å²) in [6.45, 7) is 4.66. The molecule has 2 N–H and O–H groups in total. The number of nitrogens with one attached hydrogen (secondary N) is 2. The molecule has 1 atom stereocenters. The van der Waals surface area contributed by atoms with Crippen molar-refractivity contribution < 1.29 is 9.53 Å². The van der Waals surface area contributed by atoms with Crippen molar-refractivity contribution in [1.29, 1.82) is 0 Å². The number of hydrogen-bond acceptors (Lipinski definition) is 3. The lowest BCUT2D eigenvalue weighted by atomic mass is 10.1. The zero-order valence-electron chi connectivity index (χ0n) is 9.71. The molecule has 0 aromatic rings. The fourth-order valence-corrected chi connectivity index (χ4v) is 2.23. The Morgan fingerprint density at radius 3 is 2.94 bits per heavy atom. The molecule has 0 spiro atoms. The SMILES string of the molecule is O=C(NCC[C@H]1CCCN1)N1CCOCC1. The summed E-state index contributed by atoms with van der Waals surface area (Å²) in [5.41, 5.74) is 0. The number of urea groups is 1. The van der Waals surface area contributed by atoms with Crippen molar-refractivity contribution in [2.45, 2.75) is 25.3 Å². The van der Waals surface area contributed by atoms with Gasteiger partial charge in [-0.15, -0.1) is 0 Å². The van der Waals surface area contributed by atoms with Gasteiger partial charge in [-0.3, -0.25) is 0 Å². The van der Waals surface area contributed by atoms with Gasteiger partial charge in [0.1, 0.15) is 0 Å². The van der Waals surface area contributed by atoms with E-state index >= 15 is 0 Å². The molecule has 0 aliphatic carbocycles. The first kappa shape index (κ1) is 11.7. The van der Waals surface area contributed by atoms with Crippen molar-refractivity contribution in [3.8, 4) is 0 Å². The van der Waals surface area contributed by atoms with E-state index in [0.717, 1.165) is 19.5 Å². The van der Waals surface area contributed by atoms with E-state index in [2.05, 4.69) is 10.6 Å². The van der Waals surface area contributed by atoms with Crippen LogP contribution in [0.1, 0.15) is 19.3 Å². The zero-order chi connectivity index (χ0) is 11.2. The molecule has 2 fully saturated rings. The molecule has 0 unspecified atom stereocenters. The average Bonchev–Trinajstić information content (AvgIpc) is 2.83. The maximum absolute atomic E-state index is 11.7. The van der Waals surface area contributed by atoms with Gasteiger partial charge in [0.15, 0.2) is 0 Å². The first-order chi connectivity index (χ1) is 7.86. The van der Waals surface area contributed by atoms with Gasteiger partial charge in [-0.1, -0.05) is 0 Å². The molecule has 2 saturated heterocycles. The highest BCUT2D eigenvalue weighted by atomic mass is 16.5. The minimum Gasteiger partial charge on any atom is -0.378 e. The number of nitrogens with zero attached hydrogens (tertiary/aromatic N) is 1. The summed E-state index contributed by atoms with van der Waals surface area (Å²) < 4.78 is 5.20. The highest BCUT2D eigenvalue weighted by Gasteiger charge is 2.17. The fraction of sp³-hybridized carbons (Fsp3) is 0.909. The van der Waals surface area contributed by atoms with Gasteiger partial charge in [0.05, 0.1) is 13.2 Å². The standard InChI is InChI=1S/C11H21N3O2/c15-11(14-6-8-16-9-7-14)13-5-3-10-2-1-4-12-10/h10,12H,1-9H2,(H,13,15)/t10-/m1/s1. The van der Waals surface area contributed by atoms with E-state index in [0.29, 0.717) is 32.3 Å². The summed E-state index contributed by atoms with van der Waals surface area (Å²) in [5.74, 6) is 0. The molecule has 2 amide bonds. The Morgan fingerprint density at radius 2 is 2.25 bits per heavy atom. The van der Waals surface area contributed by atoms with Crippen LogP contribution < -0.4 is 10.6 Å².